The van der Waals surface area contributed by atoms with Crippen molar-refractivity contribution in [2.45, 2.75) is 124 Å². The SMILES string of the molecule is CC(C)C[C@H](NC(=O)[C@H](CCS(C)(=O)=O)NC(=O)[C@@H](NC(=O)OC(C)(C)C)C(C)C)[C@@H](O)C[C@@H](C)C(=O)N[C@H](CO)C(C)C. The molecule has 14 heteroatoms. The van der Waals surface area contributed by atoms with E-state index in [2.05, 4.69) is 21.3 Å². The van der Waals surface area contributed by atoms with Crippen LogP contribution >= 0.6 is 0 Å². The highest BCUT2D eigenvalue weighted by Crippen LogP contribution is 2.17. The van der Waals surface area contributed by atoms with Gasteiger partial charge in [-0.15, -0.1) is 0 Å². The average molecular weight is 651 g/mol. The molecule has 0 saturated heterocycles. The number of alkyl carbamates (subject to hydrolysis) is 1. The second-order valence-corrected chi connectivity index (χ2v) is 16.1. The standard InChI is InChI=1S/C30H58N4O9S/c1-17(2)14-22(24(36)15-20(7)26(37)33-23(16-35)18(3)4)32-27(38)21(12-13-44(11,41)42)31-28(39)25(19(5)6)34-29(40)43-30(8,9)10/h17-25,35-36H,12-16H2,1-11H3,(H,31,39)(H,32,38)(H,33,37)(H,34,40)/t20-,21+,22+,23-,24+,25+/m1/s1. The molecule has 0 aromatic rings. The number of amides is 4. The molecule has 13 nitrogen and oxygen atoms in total. The number of hydrogen-bond acceptors (Lipinski definition) is 9. The lowest BCUT2D eigenvalue weighted by atomic mass is 9.91. The van der Waals surface area contributed by atoms with E-state index in [9.17, 15) is 37.8 Å². The van der Waals surface area contributed by atoms with Gasteiger partial charge in [0.1, 0.15) is 27.5 Å². The smallest absolute Gasteiger partial charge is 0.408 e. The minimum Gasteiger partial charge on any atom is -0.444 e. The second kappa shape index (κ2) is 18.5. The van der Waals surface area contributed by atoms with Crippen molar-refractivity contribution in [2.24, 2.45) is 23.7 Å². The van der Waals surface area contributed by atoms with Crippen LogP contribution in [0.15, 0.2) is 0 Å². The highest BCUT2D eigenvalue weighted by molar-refractivity contribution is 7.90. The zero-order valence-electron chi connectivity index (χ0n) is 28.4. The topological polar surface area (TPSA) is 200 Å². The van der Waals surface area contributed by atoms with Crippen LogP contribution in [0.2, 0.25) is 0 Å². The maximum atomic E-state index is 13.5. The summed E-state index contributed by atoms with van der Waals surface area (Å²) < 4.78 is 29.2. The molecule has 0 unspecified atom stereocenters. The van der Waals surface area contributed by atoms with Gasteiger partial charge in [0.15, 0.2) is 0 Å². The molecule has 258 valence electrons. The monoisotopic (exact) mass is 650 g/mol. The summed E-state index contributed by atoms with van der Waals surface area (Å²) in [5.41, 5.74) is -0.806. The molecule has 0 fully saturated rings. The molecule has 44 heavy (non-hydrogen) atoms. The molecule has 0 saturated carbocycles. The van der Waals surface area contributed by atoms with Crippen LogP contribution in [-0.4, -0.2) is 96.9 Å². The number of aliphatic hydroxyl groups excluding tert-OH is 2. The number of aliphatic hydroxyl groups is 2. The zero-order chi connectivity index (χ0) is 34.6. The Morgan fingerprint density at radius 3 is 1.75 bits per heavy atom. The number of ether oxygens (including phenoxy) is 1. The van der Waals surface area contributed by atoms with Crippen LogP contribution in [0.3, 0.4) is 0 Å². The molecule has 0 rings (SSSR count). The van der Waals surface area contributed by atoms with Crippen LogP contribution in [0.1, 0.15) is 88.5 Å². The summed E-state index contributed by atoms with van der Waals surface area (Å²) in [5.74, 6) is -3.15. The third-order valence-corrected chi connectivity index (χ3v) is 7.90. The molecule has 0 heterocycles. The predicted molar refractivity (Wildman–Crippen MR) is 169 cm³/mol. The van der Waals surface area contributed by atoms with Gasteiger partial charge in [0.05, 0.1) is 30.5 Å². The van der Waals surface area contributed by atoms with Gasteiger partial charge in [-0.1, -0.05) is 48.5 Å². The van der Waals surface area contributed by atoms with Crippen LogP contribution in [0, 0.1) is 23.7 Å². The second-order valence-electron chi connectivity index (χ2n) is 13.8. The first-order valence-electron chi connectivity index (χ1n) is 15.3. The maximum absolute atomic E-state index is 13.5. The quantitative estimate of drug-likeness (QED) is 0.127. The van der Waals surface area contributed by atoms with E-state index in [0.717, 1.165) is 6.26 Å². The molecule has 0 radical (unpaired) electrons. The van der Waals surface area contributed by atoms with Gasteiger partial charge in [0.2, 0.25) is 17.7 Å². The van der Waals surface area contributed by atoms with Crippen molar-refractivity contribution in [1.82, 2.24) is 21.3 Å². The third kappa shape index (κ3) is 17.1. The van der Waals surface area contributed by atoms with E-state index >= 15 is 0 Å². The van der Waals surface area contributed by atoms with Gasteiger partial charge in [-0.05, 0) is 57.8 Å². The fourth-order valence-corrected chi connectivity index (χ4v) is 4.98. The first kappa shape index (κ1) is 41.5. The number of rotatable bonds is 18. The van der Waals surface area contributed by atoms with Crippen molar-refractivity contribution in [1.29, 1.82) is 0 Å². The van der Waals surface area contributed by atoms with Crippen molar-refractivity contribution in [2.75, 3.05) is 18.6 Å². The Kier molecular flexibility index (Phi) is 17.5. The molecule has 0 aliphatic carbocycles. The van der Waals surface area contributed by atoms with Gasteiger partial charge >= 0.3 is 6.09 Å². The Labute approximate surface area is 263 Å². The van der Waals surface area contributed by atoms with Gasteiger partial charge in [-0.2, -0.15) is 0 Å². The summed E-state index contributed by atoms with van der Waals surface area (Å²) in [4.78, 5) is 51.9. The molecule has 4 amide bonds. The number of hydrogen-bond donors (Lipinski definition) is 6. The van der Waals surface area contributed by atoms with E-state index in [1.165, 1.54) is 0 Å². The predicted octanol–water partition coefficient (Wildman–Crippen LogP) is 1.51. The number of carbonyl (C=O) groups is 4. The lowest BCUT2D eigenvalue weighted by molar-refractivity contribution is -0.131. The van der Waals surface area contributed by atoms with E-state index in [0.29, 0.717) is 6.42 Å². The summed E-state index contributed by atoms with van der Waals surface area (Å²) in [5, 5.41) is 31.3. The summed E-state index contributed by atoms with van der Waals surface area (Å²) in [6.45, 7) is 17.4. The highest BCUT2D eigenvalue weighted by Gasteiger charge is 2.33. The van der Waals surface area contributed by atoms with Crippen molar-refractivity contribution < 1.29 is 42.5 Å². The number of carbonyl (C=O) groups excluding carboxylic acids is 4. The Balaban J connectivity index is 5.92. The Morgan fingerprint density at radius 2 is 1.32 bits per heavy atom. The average Bonchev–Trinajstić information content (AvgIpc) is 2.84. The van der Waals surface area contributed by atoms with E-state index in [1.54, 1.807) is 41.5 Å². The highest BCUT2D eigenvalue weighted by atomic mass is 32.2. The fraction of sp³-hybridized carbons (Fsp3) is 0.867. The largest absolute Gasteiger partial charge is 0.444 e. The maximum Gasteiger partial charge on any atom is 0.408 e. The van der Waals surface area contributed by atoms with Gasteiger partial charge in [-0.3, -0.25) is 14.4 Å². The van der Waals surface area contributed by atoms with Gasteiger partial charge in [-0.25, -0.2) is 13.2 Å². The van der Waals surface area contributed by atoms with E-state index in [1.807, 2.05) is 27.7 Å². The van der Waals surface area contributed by atoms with Gasteiger partial charge in [0, 0.05) is 12.2 Å². The van der Waals surface area contributed by atoms with E-state index < -0.39 is 81.2 Å². The zero-order valence-corrected chi connectivity index (χ0v) is 29.2. The molecular weight excluding hydrogens is 592 g/mol. The minimum absolute atomic E-state index is 0.00255. The Bertz CT molecular complexity index is 1040. The normalized spacial score (nSPS) is 16.5. The van der Waals surface area contributed by atoms with Crippen LogP contribution < -0.4 is 21.3 Å². The first-order valence-corrected chi connectivity index (χ1v) is 17.4. The van der Waals surface area contributed by atoms with Crippen LogP contribution in [-0.2, 0) is 29.0 Å². The summed E-state index contributed by atoms with van der Waals surface area (Å²) in [6.07, 6.45) is -0.834. The van der Waals surface area contributed by atoms with E-state index in [-0.39, 0.29) is 37.2 Å². The van der Waals surface area contributed by atoms with Gasteiger partial charge < -0.3 is 36.2 Å². The molecule has 6 N–H and O–H groups in total. The summed E-state index contributed by atoms with van der Waals surface area (Å²) in [6, 6.07) is -3.62. The molecule has 0 aliphatic heterocycles. The number of nitrogens with one attached hydrogen (secondary N) is 4. The Morgan fingerprint density at radius 1 is 0.773 bits per heavy atom. The van der Waals surface area contributed by atoms with Crippen LogP contribution in [0.25, 0.3) is 0 Å². The van der Waals surface area contributed by atoms with Gasteiger partial charge in [0.25, 0.3) is 0 Å². The van der Waals surface area contributed by atoms with Crippen LogP contribution in [0.5, 0.6) is 0 Å². The van der Waals surface area contributed by atoms with Crippen molar-refractivity contribution in [3.05, 3.63) is 0 Å². The summed E-state index contributed by atoms with van der Waals surface area (Å²) in [7, 11) is -3.50. The molecule has 0 aliphatic rings. The van der Waals surface area contributed by atoms with Crippen molar-refractivity contribution >= 4 is 33.7 Å². The molecular formula is C30H58N4O9S. The lowest BCUT2D eigenvalue weighted by Gasteiger charge is -2.31. The Hall–Kier alpha value is -2.45. The third-order valence-electron chi connectivity index (χ3n) is 6.92. The molecule has 0 bridgehead atoms. The van der Waals surface area contributed by atoms with Crippen molar-refractivity contribution in [3.8, 4) is 0 Å². The first-order chi connectivity index (χ1) is 20.0. The van der Waals surface area contributed by atoms with E-state index in [4.69, 9.17) is 4.74 Å². The molecule has 0 aromatic heterocycles. The molecule has 6 atom stereocenters. The molecule has 0 aromatic carbocycles. The molecule has 0 spiro atoms. The fourth-order valence-electron chi connectivity index (χ4n) is 4.32. The minimum atomic E-state index is -3.50. The summed E-state index contributed by atoms with van der Waals surface area (Å²) >= 11 is 0. The lowest BCUT2D eigenvalue weighted by Crippen LogP contribution is -2.58. The van der Waals surface area contributed by atoms with Crippen LogP contribution in [0.4, 0.5) is 4.79 Å². The van der Waals surface area contributed by atoms with Crippen molar-refractivity contribution in [3.63, 3.8) is 0 Å². The number of sulfone groups is 1.